The minimum atomic E-state index is -0.323. The SMILES string of the molecule is CCC(C)NC(=O)c1cc2ccc(F)cc2nc1C. The second kappa shape index (κ2) is 5.34. The number of fused-ring (bicyclic) bond motifs is 1. The number of rotatable bonds is 3. The summed E-state index contributed by atoms with van der Waals surface area (Å²) in [4.78, 5) is 16.4. The van der Waals surface area contributed by atoms with Crippen molar-refractivity contribution in [1.29, 1.82) is 0 Å². The Labute approximate surface area is 111 Å². The van der Waals surface area contributed by atoms with Gasteiger partial charge in [0.25, 0.3) is 5.91 Å². The Hall–Kier alpha value is -1.97. The second-order valence-corrected chi connectivity index (χ2v) is 4.74. The van der Waals surface area contributed by atoms with Crippen LogP contribution in [0.3, 0.4) is 0 Å². The van der Waals surface area contributed by atoms with Crippen LogP contribution in [0.25, 0.3) is 10.9 Å². The maximum Gasteiger partial charge on any atom is 0.253 e. The average Bonchev–Trinajstić information content (AvgIpc) is 2.37. The minimum Gasteiger partial charge on any atom is -0.350 e. The first kappa shape index (κ1) is 13.5. The Morgan fingerprint density at radius 2 is 2.16 bits per heavy atom. The fourth-order valence-electron chi connectivity index (χ4n) is 1.87. The first-order chi connectivity index (χ1) is 9.01. The molecule has 0 aliphatic carbocycles. The molecule has 4 heteroatoms. The third-order valence-corrected chi connectivity index (χ3v) is 3.20. The summed E-state index contributed by atoms with van der Waals surface area (Å²) in [5, 5.41) is 3.67. The van der Waals surface area contributed by atoms with E-state index in [1.807, 2.05) is 13.8 Å². The maximum atomic E-state index is 13.1. The van der Waals surface area contributed by atoms with Gasteiger partial charge in [-0.15, -0.1) is 0 Å². The third kappa shape index (κ3) is 2.89. The number of benzene rings is 1. The second-order valence-electron chi connectivity index (χ2n) is 4.74. The Kier molecular flexibility index (Phi) is 3.79. The topological polar surface area (TPSA) is 42.0 Å². The molecule has 0 saturated carbocycles. The molecule has 0 radical (unpaired) electrons. The molecule has 0 aliphatic heterocycles. The van der Waals surface area contributed by atoms with Gasteiger partial charge in [-0.1, -0.05) is 6.92 Å². The maximum absolute atomic E-state index is 13.1. The number of pyridine rings is 1. The van der Waals surface area contributed by atoms with Crippen LogP contribution in [0, 0.1) is 12.7 Å². The van der Waals surface area contributed by atoms with Crippen molar-refractivity contribution < 1.29 is 9.18 Å². The van der Waals surface area contributed by atoms with E-state index < -0.39 is 0 Å². The molecule has 1 N–H and O–H groups in total. The Balaban J connectivity index is 2.41. The van der Waals surface area contributed by atoms with Crippen molar-refractivity contribution in [2.24, 2.45) is 0 Å². The molecule has 19 heavy (non-hydrogen) atoms. The van der Waals surface area contributed by atoms with Crippen LogP contribution in [0.1, 0.15) is 36.3 Å². The molecule has 1 aromatic carbocycles. The number of carbonyl (C=O) groups is 1. The smallest absolute Gasteiger partial charge is 0.253 e. The largest absolute Gasteiger partial charge is 0.350 e. The minimum absolute atomic E-state index is 0.121. The molecular formula is C15H17FN2O. The molecule has 2 aromatic rings. The van der Waals surface area contributed by atoms with Crippen LogP contribution < -0.4 is 5.32 Å². The summed E-state index contributed by atoms with van der Waals surface area (Å²) in [6.45, 7) is 5.73. The van der Waals surface area contributed by atoms with Crippen molar-refractivity contribution in [2.45, 2.75) is 33.2 Å². The summed E-state index contributed by atoms with van der Waals surface area (Å²) in [6.07, 6.45) is 0.872. The van der Waals surface area contributed by atoms with Gasteiger partial charge in [0.15, 0.2) is 0 Å². The number of hydrogen-bond acceptors (Lipinski definition) is 2. The number of nitrogens with zero attached hydrogens (tertiary/aromatic N) is 1. The Bertz CT molecular complexity index is 625. The molecule has 0 bridgehead atoms. The summed E-state index contributed by atoms with van der Waals surface area (Å²) in [5.41, 5.74) is 1.72. The van der Waals surface area contributed by atoms with Crippen molar-refractivity contribution in [3.05, 3.63) is 41.3 Å². The van der Waals surface area contributed by atoms with Crippen molar-refractivity contribution in [1.82, 2.24) is 10.3 Å². The van der Waals surface area contributed by atoms with Gasteiger partial charge in [0, 0.05) is 17.5 Å². The molecule has 1 unspecified atom stereocenters. The quantitative estimate of drug-likeness (QED) is 0.920. The molecular weight excluding hydrogens is 243 g/mol. The van der Waals surface area contributed by atoms with Crippen LogP contribution in [0.5, 0.6) is 0 Å². The van der Waals surface area contributed by atoms with Gasteiger partial charge in [-0.25, -0.2) is 4.39 Å². The van der Waals surface area contributed by atoms with Gasteiger partial charge in [0.2, 0.25) is 0 Å². The normalized spacial score (nSPS) is 12.4. The predicted molar refractivity (Wildman–Crippen MR) is 73.7 cm³/mol. The fraction of sp³-hybridized carbons (Fsp3) is 0.333. The Morgan fingerprint density at radius 3 is 2.84 bits per heavy atom. The summed E-state index contributed by atoms with van der Waals surface area (Å²) in [6, 6.07) is 6.26. The number of nitrogens with one attached hydrogen (secondary N) is 1. The summed E-state index contributed by atoms with van der Waals surface area (Å²) >= 11 is 0. The van der Waals surface area contributed by atoms with Crippen LogP contribution in [0.2, 0.25) is 0 Å². The summed E-state index contributed by atoms with van der Waals surface area (Å²) in [5.74, 6) is -0.457. The molecule has 1 heterocycles. The molecule has 1 aromatic heterocycles. The van der Waals surface area contributed by atoms with E-state index in [1.54, 1.807) is 19.1 Å². The highest BCUT2D eigenvalue weighted by Gasteiger charge is 2.13. The lowest BCUT2D eigenvalue weighted by molar-refractivity contribution is 0.0938. The lowest BCUT2D eigenvalue weighted by atomic mass is 10.1. The molecule has 0 aliphatic rings. The average molecular weight is 260 g/mol. The highest BCUT2D eigenvalue weighted by molar-refractivity contribution is 5.98. The van der Waals surface area contributed by atoms with Gasteiger partial charge >= 0.3 is 0 Å². The summed E-state index contributed by atoms with van der Waals surface area (Å²) < 4.78 is 13.1. The van der Waals surface area contributed by atoms with E-state index in [1.165, 1.54) is 12.1 Å². The van der Waals surface area contributed by atoms with E-state index >= 15 is 0 Å². The van der Waals surface area contributed by atoms with E-state index in [0.717, 1.165) is 11.8 Å². The van der Waals surface area contributed by atoms with Crippen molar-refractivity contribution in [2.75, 3.05) is 0 Å². The summed E-state index contributed by atoms with van der Waals surface area (Å²) in [7, 11) is 0. The Morgan fingerprint density at radius 1 is 1.42 bits per heavy atom. The first-order valence-electron chi connectivity index (χ1n) is 6.39. The number of aryl methyl sites for hydroxylation is 1. The zero-order valence-corrected chi connectivity index (χ0v) is 11.3. The molecule has 0 fully saturated rings. The van der Waals surface area contributed by atoms with Crippen molar-refractivity contribution in [3.8, 4) is 0 Å². The fourth-order valence-corrected chi connectivity index (χ4v) is 1.87. The van der Waals surface area contributed by atoms with Crippen LogP contribution in [0.15, 0.2) is 24.3 Å². The third-order valence-electron chi connectivity index (χ3n) is 3.20. The zero-order valence-electron chi connectivity index (χ0n) is 11.3. The van der Waals surface area contributed by atoms with E-state index in [2.05, 4.69) is 10.3 Å². The standard InChI is InChI=1S/C15H17FN2O/c1-4-9(2)17-15(19)13-7-11-5-6-12(16)8-14(11)18-10(13)3/h5-9H,4H2,1-3H3,(H,17,19). The molecule has 1 amide bonds. The molecule has 0 spiro atoms. The zero-order chi connectivity index (χ0) is 14.0. The number of carbonyl (C=O) groups excluding carboxylic acids is 1. The van der Waals surface area contributed by atoms with Gasteiger partial charge in [-0.05, 0) is 38.5 Å². The number of hydrogen-bond donors (Lipinski definition) is 1. The van der Waals surface area contributed by atoms with Crippen LogP contribution in [-0.2, 0) is 0 Å². The van der Waals surface area contributed by atoms with Gasteiger partial charge in [-0.2, -0.15) is 0 Å². The first-order valence-corrected chi connectivity index (χ1v) is 6.39. The highest BCUT2D eigenvalue weighted by atomic mass is 19.1. The van der Waals surface area contributed by atoms with Crippen LogP contribution in [0.4, 0.5) is 4.39 Å². The van der Waals surface area contributed by atoms with E-state index in [4.69, 9.17) is 0 Å². The number of aromatic nitrogens is 1. The van der Waals surface area contributed by atoms with Crippen LogP contribution >= 0.6 is 0 Å². The van der Waals surface area contributed by atoms with Crippen molar-refractivity contribution in [3.63, 3.8) is 0 Å². The predicted octanol–water partition coefficient (Wildman–Crippen LogP) is 3.21. The van der Waals surface area contributed by atoms with E-state index in [-0.39, 0.29) is 17.8 Å². The number of amides is 1. The molecule has 0 saturated heterocycles. The molecule has 3 nitrogen and oxygen atoms in total. The lowest BCUT2D eigenvalue weighted by Crippen LogP contribution is -2.32. The molecule has 1 atom stereocenters. The van der Waals surface area contributed by atoms with Crippen LogP contribution in [-0.4, -0.2) is 16.9 Å². The van der Waals surface area contributed by atoms with E-state index in [0.29, 0.717) is 16.8 Å². The van der Waals surface area contributed by atoms with Gasteiger partial charge in [-0.3, -0.25) is 9.78 Å². The van der Waals surface area contributed by atoms with E-state index in [9.17, 15) is 9.18 Å². The monoisotopic (exact) mass is 260 g/mol. The van der Waals surface area contributed by atoms with Gasteiger partial charge in [0.1, 0.15) is 5.82 Å². The highest BCUT2D eigenvalue weighted by Crippen LogP contribution is 2.17. The van der Waals surface area contributed by atoms with Crippen molar-refractivity contribution >= 4 is 16.8 Å². The van der Waals surface area contributed by atoms with Gasteiger partial charge < -0.3 is 5.32 Å². The number of halogens is 1. The molecule has 2 rings (SSSR count). The molecule has 100 valence electrons. The van der Waals surface area contributed by atoms with Gasteiger partial charge in [0.05, 0.1) is 16.8 Å². The lowest BCUT2D eigenvalue weighted by Gasteiger charge is -2.13.